The predicted molar refractivity (Wildman–Crippen MR) is 78.5 cm³/mol. The third kappa shape index (κ3) is 3.26. The zero-order valence-corrected chi connectivity index (χ0v) is 12.6. The molecule has 0 aliphatic rings. The third-order valence-electron chi connectivity index (χ3n) is 3.37. The van der Waals surface area contributed by atoms with Crippen molar-refractivity contribution in [3.8, 4) is 0 Å². The molecular formula is C14H19N3O2S. The highest BCUT2D eigenvalue weighted by molar-refractivity contribution is 7.08. The van der Waals surface area contributed by atoms with Crippen LogP contribution in [0.3, 0.4) is 0 Å². The molecule has 0 aromatic carbocycles. The van der Waals surface area contributed by atoms with E-state index in [0.29, 0.717) is 5.56 Å². The van der Waals surface area contributed by atoms with Crippen molar-refractivity contribution in [3.05, 3.63) is 40.3 Å². The van der Waals surface area contributed by atoms with Gasteiger partial charge in [0.15, 0.2) is 0 Å². The molecule has 2 unspecified atom stereocenters. The van der Waals surface area contributed by atoms with Gasteiger partial charge in [0.05, 0.1) is 18.7 Å². The highest BCUT2D eigenvalue weighted by atomic mass is 32.1. The zero-order valence-electron chi connectivity index (χ0n) is 11.8. The molecule has 0 aliphatic carbocycles. The number of thiophene rings is 1. The van der Waals surface area contributed by atoms with Crippen molar-refractivity contribution >= 4 is 17.2 Å². The smallest absolute Gasteiger partial charge is 0.227 e. The maximum absolute atomic E-state index is 12.1. The van der Waals surface area contributed by atoms with Crippen molar-refractivity contribution in [1.82, 2.24) is 15.1 Å². The van der Waals surface area contributed by atoms with Crippen LogP contribution >= 0.6 is 11.3 Å². The SMILES string of the molecule is CC(C(=O)NCC(C)(O)c1cnn(C)c1)c1ccsc1. The summed E-state index contributed by atoms with van der Waals surface area (Å²) in [5.41, 5.74) is 0.551. The van der Waals surface area contributed by atoms with Gasteiger partial charge in [-0.05, 0) is 36.2 Å². The first kappa shape index (κ1) is 14.7. The van der Waals surface area contributed by atoms with E-state index in [0.717, 1.165) is 5.56 Å². The number of hydrogen-bond donors (Lipinski definition) is 2. The molecule has 2 heterocycles. The Bertz CT molecular complexity index is 575. The van der Waals surface area contributed by atoms with Crippen LogP contribution < -0.4 is 5.32 Å². The Morgan fingerprint density at radius 1 is 1.65 bits per heavy atom. The Kier molecular flexibility index (Phi) is 4.25. The molecule has 108 valence electrons. The van der Waals surface area contributed by atoms with Gasteiger partial charge >= 0.3 is 0 Å². The second kappa shape index (κ2) is 5.76. The minimum atomic E-state index is -1.13. The quantitative estimate of drug-likeness (QED) is 0.880. The van der Waals surface area contributed by atoms with Gasteiger partial charge in [-0.1, -0.05) is 0 Å². The summed E-state index contributed by atoms with van der Waals surface area (Å²) in [4.78, 5) is 12.1. The molecule has 0 aliphatic heterocycles. The van der Waals surface area contributed by atoms with E-state index in [-0.39, 0.29) is 18.4 Å². The van der Waals surface area contributed by atoms with E-state index >= 15 is 0 Å². The fourth-order valence-electron chi connectivity index (χ4n) is 1.89. The van der Waals surface area contributed by atoms with Gasteiger partial charge < -0.3 is 10.4 Å². The number of aromatic nitrogens is 2. The number of hydrogen-bond acceptors (Lipinski definition) is 4. The summed E-state index contributed by atoms with van der Waals surface area (Å²) in [5.74, 6) is -0.307. The summed E-state index contributed by atoms with van der Waals surface area (Å²) in [6.45, 7) is 3.68. The second-order valence-electron chi connectivity index (χ2n) is 5.17. The maximum Gasteiger partial charge on any atom is 0.227 e. The molecule has 0 radical (unpaired) electrons. The standard InChI is InChI=1S/C14H19N3O2S/c1-10(11-4-5-20-8-11)13(18)15-9-14(2,19)12-6-16-17(3)7-12/h4-8,10,19H,9H2,1-3H3,(H,15,18). The lowest BCUT2D eigenvalue weighted by atomic mass is 9.98. The lowest BCUT2D eigenvalue weighted by molar-refractivity contribution is -0.123. The molecular weight excluding hydrogens is 274 g/mol. The molecule has 0 spiro atoms. The fourth-order valence-corrected chi connectivity index (χ4v) is 2.64. The number of amides is 1. The highest BCUT2D eigenvalue weighted by Gasteiger charge is 2.26. The van der Waals surface area contributed by atoms with Gasteiger partial charge in [-0.2, -0.15) is 16.4 Å². The van der Waals surface area contributed by atoms with E-state index in [4.69, 9.17) is 0 Å². The summed E-state index contributed by atoms with van der Waals surface area (Å²) in [5, 5.41) is 21.1. The van der Waals surface area contributed by atoms with Crippen molar-refractivity contribution in [2.75, 3.05) is 6.54 Å². The average molecular weight is 293 g/mol. The minimum absolute atomic E-state index is 0.0902. The van der Waals surface area contributed by atoms with Crippen molar-refractivity contribution in [2.45, 2.75) is 25.4 Å². The Balaban J connectivity index is 1.96. The first-order valence-corrected chi connectivity index (χ1v) is 7.36. The van der Waals surface area contributed by atoms with Crippen molar-refractivity contribution in [2.24, 2.45) is 7.05 Å². The number of carbonyl (C=O) groups is 1. The largest absolute Gasteiger partial charge is 0.383 e. The molecule has 5 nitrogen and oxygen atoms in total. The van der Waals surface area contributed by atoms with Gasteiger partial charge in [-0.15, -0.1) is 0 Å². The van der Waals surface area contributed by atoms with Crippen LogP contribution in [0.25, 0.3) is 0 Å². The molecule has 20 heavy (non-hydrogen) atoms. The van der Waals surface area contributed by atoms with Gasteiger partial charge in [-0.25, -0.2) is 0 Å². The molecule has 0 bridgehead atoms. The average Bonchev–Trinajstić information content (AvgIpc) is 3.06. The Morgan fingerprint density at radius 2 is 2.40 bits per heavy atom. The fraction of sp³-hybridized carbons (Fsp3) is 0.429. The molecule has 0 saturated carbocycles. The highest BCUT2D eigenvalue weighted by Crippen LogP contribution is 2.21. The zero-order chi connectivity index (χ0) is 14.8. The van der Waals surface area contributed by atoms with E-state index in [2.05, 4.69) is 10.4 Å². The third-order valence-corrected chi connectivity index (χ3v) is 4.07. The predicted octanol–water partition coefficient (Wildman–Crippen LogP) is 1.61. The Labute approximate surface area is 122 Å². The molecule has 0 saturated heterocycles. The summed E-state index contributed by atoms with van der Waals surface area (Å²) in [6.07, 6.45) is 3.35. The van der Waals surface area contributed by atoms with Crippen molar-refractivity contribution < 1.29 is 9.90 Å². The van der Waals surface area contributed by atoms with Crippen molar-refractivity contribution in [3.63, 3.8) is 0 Å². The van der Waals surface area contributed by atoms with Crippen LogP contribution in [0.15, 0.2) is 29.2 Å². The lowest BCUT2D eigenvalue weighted by Crippen LogP contribution is -2.40. The number of carbonyl (C=O) groups excluding carboxylic acids is 1. The summed E-state index contributed by atoms with van der Waals surface area (Å²) >= 11 is 1.57. The molecule has 2 N–H and O–H groups in total. The van der Waals surface area contributed by atoms with E-state index in [1.807, 2.05) is 23.8 Å². The van der Waals surface area contributed by atoms with E-state index < -0.39 is 5.60 Å². The lowest BCUT2D eigenvalue weighted by Gasteiger charge is -2.23. The summed E-state index contributed by atoms with van der Waals surface area (Å²) < 4.78 is 1.62. The van der Waals surface area contributed by atoms with Crippen LogP contribution in [0.4, 0.5) is 0 Å². The number of nitrogens with one attached hydrogen (secondary N) is 1. The van der Waals surface area contributed by atoms with Crippen LogP contribution in [0.2, 0.25) is 0 Å². The molecule has 2 atom stereocenters. The van der Waals surface area contributed by atoms with Gasteiger partial charge in [0.1, 0.15) is 5.60 Å². The van der Waals surface area contributed by atoms with E-state index in [9.17, 15) is 9.90 Å². The minimum Gasteiger partial charge on any atom is -0.383 e. The van der Waals surface area contributed by atoms with Gasteiger partial charge in [0.25, 0.3) is 0 Å². The normalized spacial score (nSPS) is 15.6. The summed E-state index contributed by atoms with van der Waals surface area (Å²) in [7, 11) is 1.79. The van der Waals surface area contributed by atoms with Crippen LogP contribution in [-0.2, 0) is 17.4 Å². The van der Waals surface area contributed by atoms with Gasteiger partial charge in [-0.3, -0.25) is 9.48 Å². The van der Waals surface area contributed by atoms with E-state index in [1.54, 1.807) is 42.4 Å². The molecule has 6 heteroatoms. The Hall–Kier alpha value is -1.66. The first-order valence-electron chi connectivity index (χ1n) is 6.41. The van der Waals surface area contributed by atoms with Crippen LogP contribution in [-0.4, -0.2) is 27.3 Å². The van der Waals surface area contributed by atoms with E-state index in [1.165, 1.54) is 0 Å². The summed E-state index contributed by atoms with van der Waals surface area (Å²) in [6, 6.07) is 1.94. The van der Waals surface area contributed by atoms with Crippen molar-refractivity contribution in [1.29, 1.82) is 0 Å². The molecule has 2 aromatic heterocycles. The molecule has 2 rings (SSSR count). The number of rotatable bonds is 5. The van der Waals surface area contributed by atoms with Gasteiger partial charge in [0, 0.05) is 18.8 Å². The molecule has 0 fully saturated rings. The monoisotopic (exact) mass is 293 g/mol. The number of nitrogens with zero attached hydrogens (tertiary/aromatic N) is 2. The second-order valence-corrected chi connectivity index (χ2v) is 5.95. The van der Waals surface area contributed by atoms with Crippen LogP contribution in [0.5, 0.6) is 0 Å². The Morgan fingerprint density at radius 3 is 2.95 bits per heavy atom. The number of aryl methyl sites for hydroxylation is 1. The first-order chi connectivity index (χ1) is 9.40. The van der Waals surface area contributed by atoms with Crippen LogP contribution in [0.1, 0.15) is 30.9 Å². The number of aliphatic hydroxyl groups is 1. The van der Waals surface area contributed by atoms with Gasteiger partial charge in [0.2, 0.25) is 5.91 Å². The maximum atomic E-state index is 12.1. The molecule has 2 aromatic rings. The van der Waals surface area contributed by atoms with Crippen LogP contribution in [0, 0.1) is 0 Å². The topological polar surface area (TPSA) is 67.2 Å². The molecule has 1 amide bonds.